The van der Waals surface area contributed by atoms with Crippen molar-refractivity contribution in [3.05, 3.63) is 77.3 Å². The van der Waals surface area contributed by atoms with Gasteiger partial charge in [0, 0.05) is 9.86 Å². The molecule has 0 saturated carbocycles. The lowest BCUT2D eigenvalue weighted by molar-refractivity contribution is 1.26. The zero-order valence-corrected chi connectivity index (χ0v) is 15.7. The summed E-state index contributed by atoms with van der Waals surface area (Å²) >= 11 is 3.60. The summed E-state index contributed by atoms with van der Waals surface area (Å²) in [6.45, 7) is 0. The lowest BCUT2D eigenvalue weighted by atomic mass is 10.1. The molecule has 0 spiro atoms. The molecule has 1 N–H and O–H groups in total. The molecular weight excluding hydrogens is 400 g/mol. The summed E-state index contributed by atoms with van der Waals surface area (Å²) in [5, 5.41) is 1.13. The van der Waals surface area contributed by atoms with Gasteiger partial charge in [-0.25, -0.2) is 9.97 Å². The highest BCUT2D eigenvalue weighted by Gasteiger charge is 2.16. The van der Waals surface area contributed by atoms with Crippen LogP contribution in [-0.4, -0.2) is 19.4 Å². The zero-order chi connectivity index (χ0) is 18.0. The highest BCUT2D eigenvalue weighted by molar-refractivity contribution is 9.10. The van der Waals surface area contributed by atoms with E-state index in [4.69, 9.17) is 9.97 Å². The second-order valence-corrected chi connectivity index (χ2v) is 7.54. The van der Waals surface area contributed by atoms with E-state index in [9.17, 15) is 0 Å². The lowest BCUT2D eigenvalue weighted by Gasteiger charge is -2.08. The van der Waals surface area contributed by atoms with E-state index in [-0.39, 0.29) is 0 Å². The molecule has 0 saturated heterocycles. The van der Waals surface area contributed by atoms with Gasteiger partial charge in [-0.05, 0) is 48.5 Å². The van der Waals surface area contributed by atoms with Gasteiger partial charge in [0.1, 0.15) is 11.5 Å². The number of nitrogens with one attached hydrogen (secondary N) is 1. The van der Waals surface area contributed by atoms with Crippen molar-refractivity contribution in [3.63, 3.8) is 0 Å². The summed E-state index contributed by atoms with van der Waals surface area (Å²) in [5.41, 5.74) is 7.08. The standard InChI is InChI=1S/C22H13BrN4/c23-14-9-10-19-13(11-14)12-15(21-24-16-5-1-2-6-17(16)25-21)22-26-18-7-3-4-8-20(18)27(19)22/h1-12H,(H,24,25). The molecule has 0 atom stereocenters. The van der Waals surface area contributed by atoms with Crippen LogP contribution in [0, 0.1) is 0 Å². The number of pyridine rings is 1. The van der Waals surface area contributed by atoms with E-state index in [1.807, 2.05) is 30.3 Å². The number of hydrogen-bond acceptors (Lipinski definition) is 2. The van der Waals surface area contributed by atoms with Crippen LogP contribution in [0.1, 0.15) is 0 Å². The molecule has 0 aliphatic rings. The zero-order valence-electron chi connectivity index (χ0n) is 14.1. The Labute approximate surface area is 162 Å². The van der Waals surface area contributed by atoms with Gasteiger partial charge in [0.15, 0.2) is 0 Å². The average molecular weight is 413 g/mol. The Morgan fingerprint density at radius 2 is 1.59 bits per heavy atom. The molecule has 6 rings (SSSR count). The van der Waals surface area contributed by atoms with Crippen LogP contribution >= 0.6 is 15.9 Å². The summed E-state index contributed by atoms with van der Waals surface area (Å²) in [5.74, 6) is 0.832. The number of aromatic amines is 1. The van der Waals surface area contributed by atoms with E-state index in [2.05, 4.69) is 67.8 Å². The van der Waals surface area contributed by atoms with Gasteiger partial charge in [0.25, 0.3) is 0 Å². The molecule has 128 valence electrons. The number of imidazole rings is 2. The van der Waals surface area contributed by atoms with Crippen molar-refractivity contribution in [1.29, 1.82) is 0 Å². The fourth-order valence-corrected chi connectivity index (χ4v) is 4.15. The Morgan fingerprint density at radius 3 is 2.48 bits per heavy atom. The monoisotopic (exact) mass is 412 g/mol. The summed E-state index contributed by atoms with van der Waals surface area (Å²) in [7, 11) is 0. The molecular formula is C22H13BrN4. The smallest absolute Gasteiger partial charge is 0.149 e. The van der Waals surface area contributed by atoms with Gasteiger partial charge < -0.3 is 4.98 Å². The van der Waals surface area contributed by atoms with E-state index < -0.39 is 0 Å². The van der Waals surface area contributed by atoms with Gasteiger partial charge in [-0.1, -0.05) is 40.2 Å². The molecule has 27 heavy (non-hydrogen) atoms. The third-order valence-electron chi connectivity index (χ3n) is 4.98. The Balaban J connectivity index is 1.82. The van der Waals surface area contributed by atoms with Gasteiger partial charge in [0.2, 0.25) is 0 Å². The fraction of sp³-hybridized carbons (Fsp3) is 0. The maximum absolute atomic E-state index is 4.93. The number of para-hydroxylation sites is 4. The number of halogens is 1. The number of fused-ring (bicyclic) bond motifs is 6. The molecule has 0 aliphatic heterocycles. The highest BCUT2D eigenvalue weighted by Crippen LogP contribution is 2.33. The van der Waals surface area contributed by atoms with Crippen molar-refractivity contribution >= 4 is 54.5 Å². The molecule has 0 radical (unpaired) electrons. The van der Waals surface area contributed by atoms with Crippen molar-refractivity contribution in [1.82, 2.24) is 19.4 Å². The molecule has 0 unspecified atom stereocenters. The normalized spacial score (nSPS) is 11.9. The van der Waals surface area contributed by atoms with Crippen molar-refractivity contribution < 1.29 is 0 Å². The molecule has 5 heteroatoms. The number of benzene rings is 3. The SMILES string of the molecule is Brc1ccc2c(c1)cc(-c1nc3ccccc3[nH]1)c1nc3ccccc3n12. The summed E-state index contributed by atoms with van der Waals surface area (Å²) in [4.78, 5) is 13.2. The van der Waals surface area contributed by atoms with E-state index in [1.165, 1.54) is 0 Å². The molecule has 0 fully saturated rings. The van der Waals surface area contributed by atoms with Crippen LogP contribution in [0.2, 0.25) is 0 Å². The minimum Gasteiger partial charge on any atom is -0.338 e. The number of rotatable bonds is 1. The van der Waals surface area contributed by atoms with Crippen LogP contribution in [0.5, 0.6) is 0 Å². The van der Waals surface area contributed by atoms with E-state index in [1.54, 1.807) is 0 Å². The number of hydrogen-bond donors (Lipinski definition) is 1. The molecule has 3 aromatic heterocycles. The quantitative estimate of drug-likeness (QED) is 0.362. The van der Waals surface area contributed by atoms with E-state index >= 15 is 0 Å². The van der Waals surface area contributed by atoms with Crippen molar-refractivity contribution in [3.8, 4) is 11.4 Å². The van der Waals surface area contributed by atoms with E-state index in [0.29, 0.717) is 0 Å². The Morgan fingerprint density at radius 1 is 0.778 bits per heavy atom. The van der Waals surface area contributed by atoms with Crippen LogP contribution < -0.4 is 0 Å². The predicted molar refractivity (Wildman–Crippen MR) is 113 cm³/mol. The first kappa shape index (κ1) is 14.9. The third kappa shape index (κ3) is 2.15. The number of H-pyrrole nitrogens is 1. The molecule has 6 aromatic rings. The maximum atomic E-state index is 4.93. The third-order valence-corrected chi connectivity index (χ3v) is 5.47. The first-order valence-electron chi connectivity index (χ1n) is 8.72. The lowest BCUT2D eigenvalue weighted by Crippen LogP contribution is -1.93. The first-order valence-corrected chi connectivity index (χ1v) is 9.52. The van der Waals surface area contributed by atoms with Gasteiger partial charge in [-0.15, -0.1) is 0 Å². The van der Waals surface area contributed by atoms with Crippen molar-refractivity contribution in [2.75, 3.05) is 0 Å². The molecule has 3 heterocycles. The fourth-order valence-electron chi connectivity index (χ4n) is 3.77. The van der Waals surface area contributed by atoms with Crippen LogP contribution in [0.25, 0.3) is 50.0 Å². The average Bonchev–Trinajstić information content (AvgIpc) is 3.28. The van der Waals surface area contributed by atoms with Crippen molar-refractivity contribution in [2.24, 2.45) is 0 Å². The van der Waals surface area contributed by atoms with Gasteiger partial charge in [0.05, 0.1) is 33.1 Å². The molecule has 0 amide bonds. The molecule has 0 aliphatic carbocycles. The number of nitrogens with zero attached hydrogens (tertiary/aromatic N) is 3. The van der Waals surface area contributed by atoms with Gasteiger partial charge in [-0.2, -0.15) is 0 Å². The largest absolute Gasteiger partial charge is 0.338 e. The number of aromatic nitrogens is 4. The van der Waals surface area contributed by atoms with Gasteiger partial charge in [-0.3, -0.25) is 4.40 Å². The Kier molecular flexibility index (Phi) is 2.99. The maximum Gasteiger partial charge on any atom is 0.149 e. The molecule has 3 aromatic carbocycles. The van der Waals surface area contributed by atoms with Crippen LogP contribution in [-0.2, 0) is 0 Å². The topological polar surface area (TPSA) is 46.0 Å². The summed E-state index contributed by atoms with van der Waals surface area (Å²) < 4.78 is 3.27. The molecule has 4 nitrogen and oxygen atoms in total. The van der Waals surface area contributed by atoms with Crippen LogP contribution in [0.4, 0.5) is 0 Å². The summed E-state index contributed by atoms with van der Waals surface area (Å²) in [6, 6.07) is 24.8. The Hall–Kier alpha value is -3.18. The van der Waals surface area contributed by atoms with E-state index in [0.717, 1.165) is 54.5 Å². The molecule has 0 bridgehead atoms. The van der Waals surface area contributed by atoms with Crippen LogP contribution in [0.3, 0.4) is 0 Å². The predicted octanol–water partition coefficient (Wildman–Crippen LogP) is 5.95. The summed E-state index contributed by atoms with van der Waals surface area (Å²) in [6.07, 6.45) is 0. The minimum absolute atomic E-state index is 0.832. The van der Waals surface area contributed by atoms with Gasteiger partial charge >= 0.3 is 0 Å². The highest BCUT2D eigenvalue weighted by atomic mass is 79.9. The van der Waals surface area contributed by atoms with Crippen molar-refractivity contribution in [2.45, 2.75) is 0 Å². The second-order valence-electron chi connectivity index (χ2n) is 6.62. The Bertz CT molecular complexity index is 1460. The first-order chi connectivity index (χ1) is 13.3. The second kappa shape index (κ2) is 5.41. The van der Waals surface area contributed by atoms with Crippen LogP contribution in [0.15, 0.2) is 77.3 Å². The minimum atomic E-state index is 0.832.